The van der Waals surface area contributed by atoms with Gasteiger partial charge in [0.05, 0.1) is 43.2 Å². The Morgan fingerprint density at radius 1 is 1.00 bits per heavy atom. The molecule has 180 valence electrons. The van der Waals surface area contributed by atoms with Gasteiger partial charge in [-0.05, 0) is 40.3 Å². The smallest absolute Gasteiger partial charge is 0.444 e. The maximum atomic E-state index is 12.4. The van der Waals surface area contributed by atoms with Crippen molar-refractivity contribution in [2.45, 2.75) is 9.79 Å². The number of rotatable bonds is 9. The van der Waals surface area contributed by atoms with Gasteiger partial charge >= 0.3 is 17.8 Å². The third-order valence-electron chi connectivity index (χ3n) is 4.31. The van der Waals surface area contributed by atoms with Gasteiger partial charge in [-0.15, -0.1) is 4.98 Å². The van der Waals surface area contributed by atoms with Crippen LogP contribution in [0.1, 0.15) is 10.4 Å². The van der Waals surface area contributed by atoms with Crippen LogP contribution >= 0.6 is 0 Å². The van der Waals surface area contributed by atoms with E-state index >= 15 is 0 Å². The Bertz CT molecular complexity index is 1460. The molecule has 0 aliphatic heterocycles. The van der Waals surface area contributed by atoms with E-state index in [1.54, 1.807) is 0 Å². The number of benzene rings is 1. The number of nitrogens with zero attached hydrogens (tertiary/aromatic N) is 4. The molecule has 2 N–H and O–H groups in total. The quantitative estimate of drug-likeness (QED) is 0.262. The van der Waals surface area contributed by atoms with Crippen molar-refractivity contribution in [3.63, 3.8) is 0 Å². The van der Waals surface area contributed by atoms with E-state index in [2.05, 4.69) is 34.0 Å². The number of anilines is 3. The van der Waals surface area contributed by atoms with Crippen LogP contribution in [0, 0.1) is 0 Å². The summed E-state index contributed by atoms with van der Waals surface area (Å²) >= 11 is 0. The Hall–Kier alpha value is -3.73. The number of aromatic nitrogens is 4. The summed E-state index contributed by atoms with van der Waals surface area (Å²) in [6.07, 6.45) is 2.68. The number of carbonyl (C=O) groups excluding carboxylic acids is 1. The molecule has 1 aromatic carbocycles. The molecule has 34 heavy (non-hydrogen) atoms. The van der Waals surface area contributed by atoms with Crippen LogP contribution in [-0.2, 0) is 28.6 Å². The molecule has 0 radical (unpaired) electrons. The summed E-state index contributed by atoms with van der Waals surface area (Å²) in [5, 5.41) is 16.5. The number of carbonyl (C=O) groups is 1. The van der Waals surface area contributed by atoms with Gasteiger partial charge in [0.25, 0.3) is 20.2 Å². The van der Waals surface area contributed by atoms with Crippen molar-refractivity contribution < 1.29 is 39.7 Å². The van der Waals surface area contributed by atoms with Crippen LogP contribution < -0.4 is 20.3 Å². The number of pyridine rings is 1. The van der Waals surface area contributed by atoms with Gasteiger partial charge in [0.15, 0.2) is 0 Å². The summed E-state index contributed by atoms with van der Waals surface area (Å²) < 4.78 is 59.3. The fourth-order valence-corrected chi connectivity index (χ4v) is 4.14. The van der Waals surface area contributed by atoms with Gasteiger partial charge in [-0.3, -0.25) is 8.37 Å². The van der Waals surface area contributed by atoms with Crippen molar-refractivity contribution >= 4 is 43.8 Å². The van der Waals surface area contributed by atoms with Crippen molar-refractivity contribution in [3.8, 4) is 5.95 Å². The predicted octanol–water partition coefficient (Wildman–Crippen LogP) is -1.03. The molecular formula is C18H18N6O8S2. The van der Waals surface area contributed by atoms with Gasteiger partial charge in [0.1, 0.15) is 4.90 Å². The zero-order valence-corrected chi connectivity index (χ0v) is 19.5. The van der Waals surface area contributed by atoms with Crippen molar-refractivity contribution in [1.29, 1.82) is 0 Å². The average Bonchev–Trinajstić information content (AvgIpc) is 2.83. The molecule has 0 spiro atoms. The number of aromatic carboxylic acids is 1. The van der Waals surface area contributed by atoms with Gasteiger partial charge in [0, 0.05) is 12.6 Å². The first-order valence-electron chi connectivity index (χ1n) is 9.20. The highest BCUT2D eigenvalue weighted by Gasteiger charge is 2.25. The summed E-state index contributed by atoms with van der Waals surface area (Å²) in [5.74, 6) is -1.61. The molecule has 0 aliphatic rings. The summed E-state index contributed by atoms with van der Waals surface area (Å²) in [4.78, 5) is 22.8. The summed E-state index contributed by atoms with van der Waals surface area (Å²) in [5.41, 5.74) is -0.373. The summed E-state index contributed by atoms with van der Waals surface area (Å²) in [7, 11) is -5.03. The molecule has 16 heteroatoms. The highest BCUT2D eigenvalue weighted by Crippen LogP contribution is 2.29. The second kappa shape index (κ2) is 9.64. The number of nitrogens with one attached hydrogen (secondary N) is 2. The largest absolute Gasteiger partial charge is 0.545 e. The lowest BCUT2D eigenvalue weighted by Gasteiger charge is -2.11. The Balaban J connectivity index is 2.16. The van der Waals surface area contributed by atoms with Crippen LogP contribution in [0.3, 0.4) is 0 Å². The van der Waals surface area contributed by atoms with Crippen molar-refractivity contribution in [2.75, 3.05) is 31.9 Å². The fraction of sp³-hybridized carbons (Fsp3) is 0.167. The van der Waals surface area contributed by atoms with E-state index in [9.17, 15) is 26.7 Å². The monoisotopic (exact) mass is 510 g/mol. The normalized spacial score (nSPS) is 11.7. The first kappa shape index (κ1) is 24.9. The van der Waals surface area contributed by atoms with Crippen LogP contribution in [0.4, 0.5) is 17.6 Å². The molecule has 0 saturated carbocycles. The van der Waals surface area contributed by atoms with Crippen LogP contribution in [0.15, 0.2) is 52.5 Å². The van der Waals surface area contributed by atoms with E-state index in [-0.39, 0.29) is 34.0 Å². The SMILES string of the molecule is CNc1nc(Nc2cc(S(=O)(=O)OC)ccc2S(=O)(=O)OC)nc(-[n+]2cccc(C(=O)[O-])c2)n1. The van der Waals surface area contributed by atoms with Gasteiger partial charge in [-0.1, -0.05) is 0 Å². The van der Waals surface area contributed by atoms with Gasteiger partial charge in [-0.2, -0.15) is 16.8 Å². The first-order valence-corrected chi connectivity index (χ1v) is 12.0. The molecule has 14 nitrogen and oxygen atoms in total. The van der Waals surface area contributed by atoms with Crippen molar-refractivity contribution in [2.24, 2.45) is 0 Å². The molecule has 3 rings (SSSR count). The van der Waals surface area contributed by atoms with Gasteiger partial charge < -0.3 is 20.5 Å². The Morgan fingerprint density at radius 2 is 1.68 bits per heavy atom. The molecule has 0 saturated heterocycles. The molecule has 0 unspecified atom stereocenters. The maximum Gasteiger partial charge on any atom is 0.444 e. The third-order valence-corrected chi connectivity index (χ3v) is 6.91. The number of carboxylic acid groups (broad SMARTS) is 1. The minimum Gasteiger partial charge on any atom is -0.545 e. The fourth-order valence-electron chi connectivity index (χ4n) is 2.66. The first-order chi connectivity index (χ1) is 16.0. The molecule has 0 fully saturated rings. The lowest BCUT2D eigenvalue weighted by Crippen LogP contribution is -2.36. The third kappa shape index (κ3) is 5.25. The Labute approximate surface area is 194 Å². The van der Waals surface area contributed by atoms with E-state index in [1.165, 1.54) is 36.1 Å². The van der Waals surface area contributed by atoms with E-state index in [4.69, 9.17) is 0 Å². The Morgan fingerprint density at radius 3 is 2.29 bits per heavy atom. The molecule has 0 aliphatic carbocycles. The lowest BCUT2D eigenvalue weighted by molar-refractivity contribution is -0.603. The molecule has 2 aromatic heterocycles. The zero-order valence-electron chi connectivity index (χ0n) is 17.9. The Kier molecular flexibility index (Phi) is 7.06. The minimum absolute atomic E-state index is 0.0377. The minimum atomic E-state index is -4.27. The van der Waals surface area contributed by atoms with Crippen molar-refractivity contribution in [1.82, 2.24) is 15.0 Å². The highest BCUT2D eigenvalue weighted by molar-refractivity contribution is 7.87. The molecular weight excluding hydrogens is 492 g/mol. The number of hydrogen-bond donors (Lipinski definition) is 2. The predicted molar refractivity (Wildman–Crippen MR) is 113 cm³/mol. The topological polar surface area (TPSA) is 193 Å². The second-order valence-electron chi connectivity index (χ2n) is 6.34. The average molecular weight is 511 g/mol. The van der Waals surface area contributed by atoms with Gasteiger partial charge in [-0.25, -0.2) is 4.57 Å². The van der Waals surface area contributed by atoms with Crippen LogP contribution in [-0.4, -0.2) is 59.0 Å². The van der Waals surface area contributed by atoms with Crippen molar-refractivity contribution in [3.05, 3.63) is 48.3 Å². The van der Waals surface area contributed by atoms with Crippen LogP contribution in [0.5, 0.6) is 0 Å². The van der Waals surface area contributed by atoms with E-state index in [0.717, 1.165) is 32.4 Å². The van der Waals surface area contributed by atoms with Crippen LogP contribution in [0.25, 0.3) is 5.95 Å². The zero-order chi connectivity index (χ0) is 25.1. The van der Waals surface area contributed by atoms with E-state index in [0.29, 0.717) is 0 Å². The number of hydrogen-bond acceptors (Lipinski definition) is 13. The summed E-state index contributed by atoms with van der Waals surface area (Å²) in [6, 6.07) is 5.82. The van der Waals surface area contributed by atoms with E-state index < -0.39 is 31.1 Å². The number of carboxylic acids is 1. The molecule has 0 bridgehead atoms. The molecule has 0 amide bonds. The maximum absolute atomic E-state index is 12.4. The second-order valence-corrected chi connectivity index (χ2v) is 9.74. The molecule has 0 atom stereocenters. The lowest BCUT2D eigenvalue weighted by atomic mass is 10.3. The molecule has 2 heterocycles. The standard InChI is InChI=1S/C18H18N6O8S2/c1-19-16-21-17(23-18(22-16)24-8-4-5-11(10-24)15(25)26)20-13-9-12(33(27,28)31-2)6-7-14(13)34(29,30)32-3/h4-10H,1-3H3,(H2-,19,20,21,22,23,25,26). The highest BCUT2D eigenvalue weighted by atomic mass is 32.2. The molecule has 3 aromatic rings. The van der Waals surface area contributed by atoms with E-state index in [1.807, 2.05) is 0 Å². The summed E-state index contributed by atoms with van der Waals surface area (Å²) in [6.45, 7) is 0. The van der Waals surface area contributed by atoms with Gasteiger partial charge in [0.2, 0.25) is 0 Å². The van der Waals surface area contributed by atoms with Crippen LogP contribution in [0.2, 0.25) is 0 Å².